The van der Waals surface area contributed by atoms with E-state index < -0.39 is 11.4 Å². The number of nitrogens with one attached hydrogen (secondary N) is 2. The number of anilines is 3. The average Bonchev–Trinajstić information content (AvgIpc) is 2.85. The molecule has 1 aromatic heterocycles. The van der Waals surface area contributed by atoms with Crippen molar-refractivity contribution in [1.29, 1.82) is 0 Å². The maximum Gasteiger partial charge on any atom is 0.314 e. The molecule has 1 aliphatic rings. The van der Waals surface area contributed by atoms with Crippen molar-refractivity contribution in [1.82, 2.24) is 9.97 Å². The van der Waals surface area contributed by atoms with E-state index >= 15 is 0 Å². The van der Waals surface area contributed by atoms with Gasteiger partial charge in [-0.15, -0.1) is 0 Å². The van der Waals surface area contributed by atoms with E-state index in [1.807, 2.05) is 78.9 Å². The minimum atomic E-state index is -0.741. The summed E-state index contributed by atoms with van der Waals surface area (Å²) >= 11 is 0. The average molecular weight is 465 g/mol. The molecule has 0 saturated heterocycles. The Hall–Kier alpha value is -4.19. The second kappa shape index (κ2) is 9.97. The second-order valence-electron chi connectivity index (χ2n) is 8.93. The zero-order valence-electron chi connectivity index (χ0n) is 19.4. The Labute approximate surface area is 205 Å². The molecule has 1 fully saturated rings. The van der Waals surface area contributed by atoms with E-state index in [0.29, 0.717) is 18.8 Å². The molecule has 3 N–H and O–H groups in total. The Bertz CT molecular complexity index is 1290. The van der Waals surface area contributed by atoms with Crippen molar-refractivity contribution in [3.05, 3.63) is 102 Å². The molecule has 0 amide bonds. The van der Waals surface area contributed by atoms with Crippen molar-refractivity contribution in [2.45, 2.75) is 31.1 Å². The summed E-state index contributed by atoms with van der Waals surface area (Å²) in [5.74, 6) is 0.487. The van der Waals surface area contributed by atoms with Crippen LogP contribution in [0.5, 0.6) is 0 Å². The normalized spacial score (nSPS) is 14.1. The SMILES string of the molecule is O=C(O)C1(c2ccc(Nc3nc(NCCc4ccccc4)cc(-c4ccccc4)n3)cc2)CCC1. The Balaban J connectivity index is 1.36. The highest BCUT2D eigenvalue weighted by Crippen LogP contribution is 2.44. The van der Waals surface area contributed by atoms with Gasteiger partial charge in [-0.05, 0) is 42.5 Å². The van der Waals surface area contributed by atoms with Crippen LogP contribution in [-0.2, 0) is 16.6 Å². The van der Waals surface area contributed by atoms with Gasteiger partial charge in [0.05, 0.1) is 11.1 Å². The van der Waals surface area contributed by atoms with E-state index in [1.165, 1.54) is 5.56 Å². The zero-order chi connectivity index (χ0) is 24.1. The molecule has 0 bridgehead atoms. The van der Waals surface area contributed by atoms with Crippen LogP contribution in [-0.4, -0.2) is 27.6 Å². The fraction of sp³-hybridized carbons (Fsp3) is 0.207. The molecule has 0 spiro atoms. The molecule has 6 heteroatoms. The Morgan fingerprint density at radius 1 is 0.886 bits per heavy atom. The smallest absolute Gasteiger partial charge is 0.314 e. The van der Waals surface area contributed by atoms with Gasteiger partial charge in [0.1, 0.15) is 5.82 Å². The first kappa shape index (κ1) is 22.6. The number of hydrogen-bond acceptors (Lipinski definition) is 5. The Morgan fingerprint density at radius 2 is 1.57 bits per heavy atom. The van der Waals surface area contributed by atoms with Crippen molar-refractivity contribution < 1.29 is 9.90 Å². The fourth-order valence-electron chi connectivity index (χ4n) is 4.49. The van der Waals surface area contributed by atoms with Gasteiger partial charge >= 0.3 is 5.97 Å². The van der Waals surface area contributed by atoms with Gasteiger partial charge in [0.25, 0.3) is 0 Å². The van der Waals surface area contributed by atoms with Crippen LogP contribution in [0.4, 0.5) is 17.5 Å². The maximum atomic E-state index is 11.8. The number of hydrogen-bond donors (Lipinski definition) is 3. The van der Waals surface area contributed by atoms with Crippen LogP contribution < -0.4 is 10.6 Å². The lowest BCUT2D eigenvalue weighted by atomic mass is 9.64. The van der Waals surface area contributed by atoms with Crippen LogP contribution in [0.15, 0.2) is 91.0 Å². The van der Waals surface area contributed by atoms with Crippen molar-refractivity contribution in [3.8, 4) is 11.3 Å². The fourth-order valence-corrected chi connectivity index (χ4v) is 4.49. The van der Waals surface area contributed by atoms with Crippen molar-refractivity contribution in [2.75, 3.05) is 17.2 Å². The summed E-state index contributed by atoms with van der Waals surface area (Å²) < 4.78 is 0. The van der Waals surface area contributed by atoms with Crippen LogP contribution in [0.2, 0.25) is 0 Å². The summed E-state index contributed by atoms with van der Waals surface area (Å²) in [5.41, 5.74) is 4.02. The topological polar surface area (TPSA) is 87.1 Å². The van der Waals surface area contributed by atoms with Gasteiger partial charge in [-0.1, -0.05) is 79.2 Å². The van der Waals surface area contributed by atoms with Gasteiger partial charge < -0.3 is 15.7 Å². The molecule has 0 atom stereocenters. The highest BCUT2D eigenvalue weighted by molar-refractivity contribution is 5.82. The predicted octanol–water partition coefficient (Wildman–Crippen LogP) is 6.05. The third kappa shape index (κ3) is 5.01. The van der Waals surface area contributed by atoms with E-state index in [9.17, 15) is 9.90 Å². The largest absolute Gasteiger partial charge is 0.481 e. The van der Waals surface area contributed by atoms with Crippen LogP contribution >= 0.6 is 0 Å². The third-order valence-electron chi connectivity index (χ3n) is 6.67. The van der Waals surface area contributed by atoms with Crippen molar-refractivity contribution >= 4 is 23.4 Å². The molecule has 4 aromatic rings. The molecule has 1 heterocycles. The van der Waals surface area contributed by atoms with Gasteiger partial charge in [-0.2, -0.15) is 4.98 Å². The minimum Gasteiger partial charge on any atom is -0.481 e. The summed E-state index contributed by atoms with van der Waals surface area (Å²) in [6.07, 6.45) is 3.22. The molecule has 35 heavy (non-hydrogen) atoms. The van der Waals surface area contributed by atoms with Crippen LogP contribution in [0, 0.1) is 0 Å². The molecule has 1 aliphatic carbocycles. The Morgan fingerprint density at radius 3 is 2.20 bits per heavy atom. The van der Waals surface area contributed by atoms with E-state index in [1.54, 1.807) is 0 Å². The third-order valence-corrected chi connectivity index (χ3v) is 6.67. The van der Waals surface area contributed by atoms with Gasteiger partial charge in [0, 0.05) is 23.9 Å². The molecular weight excluding hydrogens is 436 g/mol. The summed E-state index contributed by atoms with van der Waals surface area (Å²) in [4.78, 5) is 21.2. The predicted molar refractivity (Wildman–Crippen MR) is 139 cm³/mol. The number of nitrogens with zero attached hydrogens (tertiary/aromatic N) is 2. The van der Waals surface area contributed by atoms with E-state index in [4.69, 9.17) is 4.98 Å². The quantitative estimate of drug-likeness (QED) is 0.280. The first-order valence-corrected chi connectivity index (χ1v) is 12.0. The highest BCUT2D eigenvalue weighted by Gasteiger charge is 2.45. The van der Waals surface area contributed by atoms with Crippen LogP contribution in [0.1, 0.15) is 30.4 Å². The first-order chi connectivity index (χ1) is 17.1. The monoisotopic (exact) mass is 464 g/mol. The van der Waals surface area contributed by atoms with Crippen LogP contribution in [0.3, 0.4) is 0 Å². The molecule has 1 saturated carbocycles. The van der Waals surface area contributed by atoms with Gasteiger partial charge in [0.15, 0.2) is 0 Å². The standard InChI is InChI=1S/C29H28N4O2/c34-27(35)29(17-7-18-29)23-12-14-24(15-13-23)31-28-32-25(22-10-5-2-6-11-22)20-26(33-28)30-19-16-21-8-3-1-4-9-21/h1-6,8-15,20H,7,16-19H2,(H,34,35)(H2,30,31,32,33). The molecule has 5 rings (SSSR count). The number of aromatic nitrogens is 2. The van der Waals surface area contributed by atoms with E-state index in [-0.39, 0.29) is 0 Å². The number of carboxylic acids is 1. The second-order valence-corrected chi connectivity index (χ2v) is 8.93. The number of carbonyl (C=O) groups is 1. The van der Waals surface area contributed by atoms with Gasteiger partial charge in [0.2, 0.25) is 5.95 Å². The lowest BCUT2D eigenvalue weighted by Gasteiger charge is -2.38. The number of rotatable bonds is 9. The maximum absolute atomic E-state index is 11.8. The minimum absolute atomic E-state index is 0.484. The molecule has 3 aromatic carbocycles. The lowest BCUT2D eigenvalue weighted by Crippen LogP contribution is -2.42. The number of carboxylic acid groups (broad SMARTS) is 1. The molecule has 0 radical (unpaired) electrons. The van der Waals surface area contributed by atoms with Crippen molar-refractivity contribution in [2.24, 2.45) is 0 Å². The van der Waals surface area contributed by atoms with Gasteiger partial charge in [-0.3, -0.25) is 4.79 Å². The highest BCUT2D eigenvalue weighted by atomic mass is 16.4. The van der Waals surface area contributed by atoms with E-state index in [0.717, 1.165) is 47.7 Å². The Kier molecular flexibility index (Phi) is 6.44. The number of benzene rings is 3. The molecular formula is C29H28N4O2. The molecule has 176 valence electrons. The first-order valence-electron chi connectivity index (χ1n) is 12.0. The van der Waals surface area contributed by atoms with Gasteiger partial charge in [-0.25, -0.2) is 4.98 Å². The lowest BCUT2D eigenvalue weighted by molar-refractivity contribution is -0.147. The summed E-state index contributed by atoms with van der Waals surface area (Å²) in [5, 5.41) is 16.4. The number of aliphatic carboxylic acids is 1. The van der Waals surface area contributed by atoms with Crippen LogP contribution in [0.25, 0.3) is 11.3 Å². The summed E-state index contributed by atoms with van der Waals surface area (Å²) in [6.45, 7) is 0.751. The molecule has 0 unspecified atom stereocenters. The zero-order valence-corrected chi connectivity index (χ0v) is 19.4. The summed E-state index contributed by atoms with van der Waals surface area (Å²) in [6, 6.07) is 29.9. The van der Waals surface area contributed by atoms with Crippen molar-refractivity contribution in [3.63, 3.8) is 0 Å². The summed E-state index contributed by atoms with van der Waals surface area (Å²) in [7, 11) is 0. The molecule has 6 nitrogen and oxygen atoms in total. The molecule has 0 aliphatic heterocycles. The van der Waals surface area contributed by atoms with E-state index in [2.05, 4.69) is 27.8 Å².